The summed E-state index contributed by atoms with van der Waals surface area (Å²) in [4.78, 5) is 4.46. The van der Waals surface area contributed by atoms with Crippen LogP contribution in [0.5, 0.6) is 17.2 Å². The van der Waals surface area contributed by atoms with Gasteiger partial charge in [0.05, 0.1) is 18.8 Å². The summed E-state index contributed by atoms with van der Waals surface area (Å²) in [6.45, 7) is 9.41. The summed E-state index contributed by atoms with van der Waals surface area (Å²) in [6.07, 6.45) is -0.899. The zero-order valence-electron chi connectivity index (χ0n) is 16.7. The Morgan fingerprint density at radius 1 is 0.929 bits per heavy atom. The molecule has 2 heterocycles. The van der Waals surface area contributed by atoms with Crippen LogP contribution in [0.1, 0.15) is 13.8 Å². The second-order valence-corrected chi connectivity index (χ2v) is 7.62. The van der Waals surface area contributed by atoms with Gasteiger partial charge in [0.15, 0.2) is 11.5 Å². The molecule has 3 rings (SSSR count). The van der Waals surface area contributed by atoms with Crippen LogP contribution in [0.3, 0.4) is 0 Å². The first-order valence-corrected chi connectivity index (χ1v) is 9.94. The molecule has 0 unspecified atom stereocenters. The first-order chi connectivity index (χ1) is 13.5. The smallest absolute Gasteiger partial charge is 0.231 e. The molecule has 1 aromatic carbocycles. The van der Waals surface area contributed by atoms with Crippen LogP contribution in [0.4, 0.5) is 0 Å². The number of hydrogen-bond acceptors (Lipinski definition) is 8. The summed E-state index contributed by atoms with van der Waals surface area (Å²) in [5.41, 5.74) is 0. The highest BCUT2D eigenvalue weighted by atomic mass is 16.7. The van der Waals surface area contributed by atoms with E-state index in [1.54, 1.807) is 6.07 Å². The first kappa shape index (κ1) is 21.1. The molecule has 1 aromatic rings. The van der Waals surface area contributed by atoms with Crippen LogP contribution in [0.2, 0.25) is 0 Å². The number of benzene rings is 1. The molecule has 2 atom stereocenters. The van der Waals surface area contributed by atoms with Gasteiger partial charge in [0.25, 0.3) is 0 Å². The maximum Gasteiger partial charge on any atom is 0.231 e. The third-order valence-corrected chi connectivity index (χ3v) is 4.81. The molecule has 8 nitrogen and oxygen atoms in total. The summed E-state index contributed by atoms with van der Waals surface area (Å²) in [5.74, 6) is 2.04. The van der Waals surface area contributed by atoms with Gasteiger partial charge in [0.1, 0.15) is 18.5 Å². The van der Waals surface area contributed by atoms with Crippen LogP contribution in [0.15, 0.2) is 18.2 Å². The number of β-amino-alcohol motifs (C(OH)–C–C–N with tert-alkyl or cyclic N) is 2. The largest absolute Gasteiger partial charge is 0.491 e. The minimum atomic E-state index is -0.568. The quantitative estimate of drug-likeness (QED) is 0.594. The molecule has 0 aromatic heterocycles. The van der Waals surface area contributed by atoms with Gasteiger partial charge in [-0.15, -0.1) is 0 Å². The van der Waals surface area contributed by atoms with E-state index in [1.807, 2.05) is 26.0 Å². The fraction of sp³-hybridized carbons (Fsp3) is 0.700. The number of piperazine rings is 1. The molecule has 2 aliphatic heterocycles. The highest BCUT2D eigenvalue weighted by Gasteiger charge is 2.21. The Hall–Kier alpha value is -1.58. The third-order valence-electron chi connectivity index (χ3n) is 4.81. The van der Waals surface area contributed by atoms with E-state index < -0.39 is 12.2 Å². The Balaban J connectivity index is 1.32. The lowest BCUT2D eigenvalue weighted by molar-refractivity contribution is -0.0176. The lowest BCUT2D eigenvalue weighted by Crippen LogP contribution is -2.51. The van der Waals surface area contributed by atoms with Gasteiger partial charge in [-0.1, -0.05) is 0 Å². The lowest BCUT2D eigenvalue weighted by Gasteiger charge is -2.36. The molecule has 1 saturated heterocycles. The van der Waals surface area contributed by atoms with Crippen molar-refractivity contribution in [3.63, 3.8) is 0 Å². The number of aliphatic hydroxyl groups excluding tert-OH is 2. The Labute approximate surface area is 166 Å². The predicted molar refractivity (Wildman–Crippen MR) is 104 cm³/mol. The molecule has 0 spiro atoms. The van der Waals surface area contributed by atoms with Crippen molar-refractivity contribution in [3.05, 3.63) is 18.2 Å². The van der Waals surface area contributed by atoms with E-state index in [0.29, 0.717) is 36.9 Å². The van der Waals surface area contributed by atoms with Crippen molar-refractivity contribution >= 4 is 0 Å². The van der Waals surface area contributed by atoms with E-state index in [2.05, 4.69) is 9.80 Å². The summed E-state index contributed by atoms with van der Waals surface area (Å²) < 4.78 is 21.7. The average Bonchev–Trinajstić information content (AvgIpc) is 3.14. The number of rotatable bonds is 10. The standard InChI is InChI=1S/C20H32N2O6/c1-15(2)25-12-16(23)10-21-5-7-22(8-6-21)11-17(24)13-26-18-3-4-19-20(9-18)28-14-27-19/h3-4,9,15-17,23-24H,5-8,10-14H2,1-2H3/t16-,17+/m0/s1. The number of aliphatic hydroxyl groups is 2. The molecule has 0 saturated carbocycles. The zero-order valence-corrected chi connectivity index (χ0v) is 16.7. The Bertz CT molecular complexity index is 606. The highest BCUT2D eigenvalue weighted by molar-refractivity contribution is 5.46. The molecular weight excluding hydrogens is 364 g/mol. The zero-order chi connectivity index (χ0) is 19.9. The second-order valence-electron chi connectivity index (χ2n) is 7.62. The van der Waals surface area contributed by atoms with Gasteiger partial charge >= 0.3 is 0 Å². The van der Waals surface area contributed by atoms with Crippen LogP contribution >= 0.6 is 0 Å². The minimum absolute atomic E-state index is 0.132. The SMILES string of the molecule is CC(C)OC[C@@H](O)CN1CCN(C[C@@H](O)COc2ccc3c(c2)OCO3)CC1. The summed E-state index contributed by atoms with van der Waals surface area (Å²) in [7, 11) is 0. The molecule has 158 valence electrons. The van der Waals surface area contributed by atoms with Crippen molar-refractivity contribution in [2.45, 2.75) is 32.2 Å². The van der Waals surface area contributed by atoms with Crippen LogP contribution in [-0.4, -0.2) is 97.6 Å². The van der Waals surface area contributed by atoms with Crippen molar-refractivity contribution in [2.75, 3.05) is 59.3 Å². The van der Waals surface area contributed by atoms with Crippen molar-refractivity contribution in [1.29, 1.82) is 0 Å². The average molecular weight is 396 g/mol. The molecule has 0 bridgehead atoms. The maximum atomic E-state index is 10.3. The minimum Gasteiger partial charge on any atom is -0.491 e. The molecule has 2 aliphatic rings. The van der Waals surface area contributed by atoms with Gasteiger partial charge in [-0.2, -0.15) is 0 Å². The summed E-state index contributed by atoms with van der Waals surface area (Å²) in [5, 5.41) is 20.3. The van der Waals surface area contributed by atoms with Crippen LogP contribution in [-0.2, 0) is 4.74 Å². The number of ether oxygens (including phenoxy) is 4. The van der Waals surface area contributed by atoms with Gasteiger partial charge in [-0.3, -0.25) is 9.80 Å². The summed E-state index contributed by atoms with van der Waals surface area (Å²) in [6, 6.07) is 5.40. The van der Waals surface area contributed by atoms with Crippen LogP contribution < -0.4 is 14.2 Å². The Morgan fingerprint density at radius 3 is 2.18 bits per heavy atom. The van der Waals surface area contributed by atoms with Crippen LogP contribution in [0, 0.1) is 0 Å². The molecule has 28 heavy (non-hydrogen) atoms. The van der Waals surface area contributed by atoms with Crippen molar-refractivity contribution in [1.82, 2.24) is 9.80 Å². The van der Waals surface area contributed by atoms with E-state index in [9.17, 15) is 10.2 Å². The van der Waals surface area contributed by atoms with Gasteiger partial charge in [-0.25, -0.2) is 0 Å². The molecule has 8 heteroatoms. The van der Waals surface area contributed by atoms with E-state index >= 15 is 0 Å². The molecule has 0 radical (unpaired) electrons. The monoisotopic (exact) mass is 396 g/mol. The Morgan fingerprint density at radius 2 is 1.54 bits per heavy atom. The van der Waals surface area contributed by atoms with Crippen LogP contribution in [0.25, 0.3) is 0 Å². The fourth-order valence-corrected chi connectivity index (χ4v) is 3.32. The molecule has 1 fully saturated rings. The predicted octanol–water partition coefficient (Wildman–Crippen LogP) is 0.559. The topological polar surface area (TPSA) is 83.9 Å². The van der Waals surface area contributed by atoms with Gasteiger partial charge in [-0.05, 0) is 26.0 Å². The highest BCUT2D eigenvalue weighted by Crippen LogP contribution is 2.35. The normalized spacial score (nSPS) is 19.8. The van der Waals surface area contributed by atoms with E-state index in [0.717, 1.165) is 26.2 Å². The number of fused-ring (bicyclic) bond motifs is 1. The van der Waals surface area contributed by atoms with Gasteiger partial charge < -0.3 is 29.2 Å². The summed E-state index contributed by atoms with van der Waals surface area (Å²) >= 11 is 0. The lowest BCUT2D eigenvalue weighted by atomic mass is 10.2. The third kappa shape index (κ3) is 6.49. The van der Waals surface area contributed by atoms with Gasteiger partial charge in [0, 0.05) is 45.3 Å². The second kappa shape index (κ2) is 10.3. The molecule has 0 aliphatic carbocycles. The van der Waals surface area contributed by atoms with E-state index in [-0.39, 0.29) is 19.5 Å². The Kier molecular flexibility index (Phi) is 7.75. The van der Waals surface area contributed by atoms with Crippen molar-refractivity contribution in [2.24, 2.45) is 0 Å². The fourth-order valence-electron chi connectivity index (χ4n) is 3.32. The van der Waals surface area contributed by atoms with Crippen molar-refractivity contribution in [3.8, 4) is 17.2 Å². The van der Waals surface area contributed by atoms with Gasteiger partial charge in [0.2, 0.25) is 6.79 Å². The maximum absolute atomic E-state index is 10.3. The number of nitrogens with zero attached hydrogens (tertiary/aromatic N) is 2. The number of hydrogen-bond donors (Lipinski definition) is 2. The van der Waals surface area contributed by atoms with Crippen molar-refractivity contribution < 1.29 is 29.2 Å². The van der Waals surface area contributed by atoms with E-state index in [1.165, 1.54) is 0 Å². The molecule has 2 N–H and O–H groups in total. The van der Waals surface area contributed by atoms with E-state index in [4.69, 9.17) is 18.9 Å². The molecule has 0 amide bonds. The molecular formula is C20H32N2O6. The first-order valence-electron chi connectivity index (χ1n) is 9.94.